The van der Waals surface area contributed by atoms with E-state index in [-0.39, 0.29) is 28.9 Å². The Bertz CT molecular complexity index is 1440. The molecule has 0 spiro atoms. The first kappa shape index (κ1) is 37.1. The molecule has 0 bridgehead atoms. The highest BCUT2D eigenvalue weighted by atomic mass is 19.1. The quantitative estimate of drug-likeness (QED) is 0.0523. The number of esters is 3. The molecular weight excluding hydrogens is 599 g/mol. The molecule has 1 atom stereocenters. The zero-order valence-corrected chi connectivity index (χ0v) is 27.8. The molecule has 0 aliphatic heterocycles. The summed E-state index contributed by atoms with van der Waals surface area (Å²) in [5.41, 5.74) is 1.28. The maximum atomic E-state index is 14.7. The van der Waals surface area contributed by atoms with Crippen LogP contribution < -0.4 is 9.47 Å². The molecule has 0 aromatic heterocycles. The minimum Gasteiger partial charge on any atom is -0.459 e. The smallest absolute Gasteiger partial charge is 0.343 e. The Morgan fingerprint density at radius 3 is 1.83 bits per heavy atom. The highest BCUT2D eigenvalue weighted by Crippen LogP contribution is 2.24. The van der Waals surface area contributed by atoms with Crippen LogP contribution in [0.25, 0.3) is 0 Å². The molecule has 0 saturated carbocycles. The van der Waals surface area contributed by atoms with Crippen LogP contribution in [0.5, 0.6) is 11.5 Å². The number of carbonyl (C=O) groups is 3. The number of azo groups is 1. The topological polar surface area (TPSA) is 104 Å². The standard InChI is InChI=1S/C38H47FN2O6/c1-4-6-8-10-11-12-14-16-36(42)46-33-24-22-32(23-25-33)41-40-31-20-17-29(18-21-31)37(43)47-35-26-19-30(27-34(35)39)38(44)45-28(3)15-13-9-7-5-2/h17-28H,4-16H2,1-3H3/t28-/m0/s1. The average Bonchev–Trinajstić information content (AvgIpc) is 3.07. The van der Waals surface area contributed by atoms with E-state index in [0.717, 1.165) is 57.4 Å². The Morgan fingerprint density at radius 1 is 0.660 bits per heavy atom. The van der Waals surface area contributed by atoms with Gasteiger partial charge in [0.05, 0.1) is 28.6 Å². The molecule has 8 nitrogen and oxygen atoms in total. The van der Waals surface area contributed by atoms with Crippen LogP contribution in [0, 0.1) is 5.82 Å². The SMILES string of the molecule is CCCCCCCCCC(=O)Oc1ccc(N=Nc2ccc(C(=O)Oc3ccc(C(=O)O[C@@H](C)CCCCCC)cc3F)cc2)cc1. The largest absolute Gasteiger partial charge is 0.459 e. The molecule has 0 aliphatic carbocycles. The van der Waals surface area contributed by atoms with Crippen molar-refractivity contribution in [2.75, 3.05) is 0 Å². The van der Waals surface area contributed by atoms with Crippen LogP contribution in [0.4, 0.5) is 15.8 Å². The minimum atomic E-state index is -0.845. The van der Waals surface area contributed by atoms with Crippen molar-refractivity contribution in [2.45, 2.75) is 110 Å². The van der Waals surface area contributed by atoms with Gasteiger partial charge in [0, 0.05) is 6.42 Å². The molecule has 3 rings (SSSR count). The van der Waals surface area contributed by atoms with Crippen LogP contribution in [-0.2, 0) is 9.53 Å². The van der Waals surface area contributed by atoms with Crippen LogP contribution in [0.15, 0.2) is 77.0 Å². The lowest BCUT2D eigenvalue weighted by Gasteiger charge is -2.13. The number of rotatable bonds is 20. The van der Waals surface area contributed by atoms with Crippen LogP contribution in [-0.4, -0.2) is 24.0 Å². The lowest BCUT2D eigenvalue weighted by Crippen LogP contribution is -2.15. The third-order valence-electron chi connectivity index (χ3n) is 7.58. The molecule has 0 heterocycles. The van der Waals surface area contributed by atoms with Gasteiger partial charge in [0.15, 0.2) is 11.6 Å². The van der Waals surface area contributed by atoms with Crippen molar-refractivity contribution in [2.24, 2.45) is 10.2 Å². The van der Waals surface area contributed by atoms with Crippen LogP contribution in [0.2, 0.25) is 0 Å². The first-order valence-corrected chi connectivity index (χ1v) is 16.8. The van der Waals surface area contributed by atoms with E-state index in [2.05, 4.69) is 24.1 Å². The Labute approximate surface area is 277 Å². The summed E-state index contributed by atoms with van der Waals surface area (Å²) in [6.45, 7) is 6.14. The van der Waals surface area contributed by atoms with Gasteiger partial charge in [0.2, 0.25) is 0 Å². The highest BCUT2D eigenvalue weighted by molar-refractivity contribution is 5.92. The third-order valence-corrected chi connectivity index (χ3v) is 7.58. The van der Waals surface area contributed by atoms with E-state index in [1.165, 1.54) is 49.9 Å². The Kier molecular flexibility index (Phi) is 16.3. The first-order chi connectivity index (χ1) is 22.8. The second kappa shape index (κ2) is 20.7. The van der Waals surface area contributed by atoms with Gasteiger partial charge in [-0.25, -0.2) is 14.0 Å². The summed E-state index contributed by atoms with van der Waals surface area (Å²) >= 11 is 0. The normalized spacial score (nSPS) is 11.7. The molecule has 0 unspecified atom stereocenters. The molecule has 252 valence electrons. The summed E-state index contributed by atoms with van der Waals surface area (Å²) in [5.74, 6) is -2.32. The predicted molar refractivity (Wildman–Crippen MR) is 180 cm³/mol. The van der Waals surface area contributed by atoms with Crippen molar-refractivity contribution in [1.82, 2.24) is 0 Å². The van der Waals surface area contributed by atoms with Gasteiger partial charge in [-0.15, -0.1) is 0 Å². The summed E-state index contributed by atoms with van der Waals surface area (Å²) in [7, 11) is 0. The number of carbonyl (C=O) groups excluding carboxylic acids is 3. The Hall–Kier alpha value is -4.40. The van der Waals surface area contributed by atoms with Gasteiger partial charge in [-0.2, -0.15) is 10.2 Å². The fraction of sp³-hybridized carbons (Fsp3) is 0.447. The summed E-state index contributed by atoms with van der Waals surface area (Å²) in [6, 6.07) is 16.5. The van der Waals surface area contributed by atoms with Crippen molar-refractivity contribution < 1.29 is 33.0 Å². The summed E-state index contributed by atoms with van der Waals surface area (Å²) in [5, 5.41) is 8.36. The van der Waals surface area contributed by atoms with Crippen LogP contribution >= 0.6 is 0 Å². The lowest BCUT2D eigenvalue weighted by atomic mass is 10.1. The Balaban J connectivity index is 1.44. The van der Waals surface area contributed by atoms with Crippen molar-refractivity contribution in [1.29, 1.82) is 0 Å². The van der Waals surface area contributed by atoms with Gasteiger partial charge in [-0.1, -0.05) is 71.6 Å². The number of hydrogen-bond acceptors (Lipinski definition) is 8. The van der Waals surface area contributed by atoms with Gasteiger partial charge in [-0.05, 0) is 92.9 Å². The molecule has 0 amide bonds. The van der Waals surface area contributed by atoms with Gasteiger partial charge < -0.3 is 14.2 Å². The van der Waals surface area contributed by atoms with E-state index in [9.17, 15) is 18.8 Å². The fourth-order valence-electron chi connectivity index (χ4n) is 4.81. The van der Waals surface area contributed by atoms with E-state index < -0.39 is 17.8 Å². The van der Waals surface area contributed by atoms with E-state index in [4.69, 9.17) is 14.2 Å². The fourth-order valence-corrected chi connectivity index (χ4v) is 4.81. The average molecular weight is 647 g/mol. The van der Waals surface area contributed by atoms with Gasteiger partial charge in [0.25, 0.3) is 0 Å². The van der Waals surface area contributed by atoms with Crippen molar-refractivity contribution in [3.05, 3.63) is 83.7 Å². The maximum absolute atomic E-state index is 14.7. The first-order valence-electron chi connectivity index (χ1n) is 16.8. The second-order valence-electron chi connectivity index (χ2n) is 11.7. The van der Waals surface area contributed by atoms with Crippen molar-refractivity contribution >= 4 is 29.3 Å². The van der Waals surface area contributed by atoms with Crippen molar-refractivity contribution in [3.8, 4) is 11.5 Å². The number of unbranched alkanes of at least 4 members (excludes halogenated alkanes) is 9. The molecule has 0 saturated heterocycles. The molecule has 0 fully saturated rings. The third kappa shape index (κ3) is 13.9. The zero-order chi connectivity index (χ0) is 33.9. The molecule has 47 heavy (non-hydrogen) atoms. The number of nitrogens with zero attached hydrogens (tertiary/aromatic N) is 2. The minimum absolute atomic E-state index is 0.0480. The predicted octanol–water partition coefficient (Wildman–Crippen LogP) is 11.0. The molecule has 0 aliphatic rings. The van der Waals surface area contributed by atoms with Gasteiger partial charge in [0.1, 0.15) is 5.75 Å². The van der Waals surface area contributed by atoms with E-state index in [1.807, 2.05) is 6.92 Å². The summed E-state index contributed by atoms with van der Waals surface area (Å²) < 4.78 is 30.7. The second-order valence-corrected chi connectivity index (χ2v) is 11.7. The number of benzene rings is 3. The molecular formula is C38H47FN2O6. The maximum Gasteiger partial charge on any atom is 0.343 e. The highest BCUT2D eigenvalue weighted by Gasteiger charge is 2.17. The monoisotopic (exact) mass is 646 g/mol. The molecule has 9 heteroatoms. The van der Waals surface area contributed by atoms with Gasteiger partial charge in [-0.3, -0.25) is 4.79 Å². The number of halogens is 1. The molecule has 0 N–H and O–H groups in total. The van der Waals surface area contributed by atoms with E-state index in [0.29, 0.717) is 23.5 Å². The summed E-state index contributed by atoms with van der Waals surface area (Å²) in [4.78, 5) is 37.2. The van der Waals surface area contributed by atoms with Crippen molar-refractivity contribution in [3.63, 3.8) is 0 Å². The van der Waals surface area contributed by atoms with E-state index >= 15 is 0 Å². The summed E-state index contributed by atoms with van der Waals surface area (Å²) in [6.07, 6.45) is 13.1. The molecule has 3 aromatic carbocycles. The van der Waals surface area contributed by atoms with Crippen LogP contribution in [0.3, 0.4) is 0 Å². The number of ether oxygens (including phenoxy) is 3. The van der Waals surface area contributed by atoms with E-state index in [1.54, 1.807) is 36.4 Å². The van der Waals surface area contributed by atoms with Gasteiger partial charge >= 0.3 is 17.9 Å². The molecule has 0 radical (unpaired) electrons. The van der Waals surface area contributed by atoms with Crippen LogP contribution in [0.1, 0.15) is 125 Å². The number of hydrogen-bond donors (Lipinski definition) is 0. The Morgan fingerprint density at radius 2 is 1.21 bits per heavy atom. The zero-order valence-electron chi connectivity index (χ0n) is 27.8. The molecule has 3 aromatic rings. The lowest BCUT2D eigenvalue weighted by molar-refractivity contribution is -0.134.